The molecule has 0 radical (unpaired) electrons. The summed E-state index contributed by atoms with van der Waals surface area (Å²) in [6, 6.07) is 15.2. The quantitative estimate of drug-likeness (QED) is 0.371. The standard InChI is InChI=1S/C24H23N5O4/c1-3-33-24(32)17-5-4-6-18(12-17)27-23(31)20-14-25-21-11-15(2)22(28-29(20)21)26-13-16-7-9-19(30)10-8-16/h4-12,14,30H,3,13H2,1-2H3,(H,26,28)(H,27,31). The molecule has 0 aliphatic carbocycles. The summed E-state index contributed by atoms with van der Waals surface area (Å²) in [5, 5.41) is 20.0. The van der Waals surface area contributed by atoms with Gasteiger partial charge in [0.15, 0.2) is 11.3 Å². The number of phenols is 1. The molecule has 4 aromatic rings. The smallest absolute Gasteiger partial charge is 0.338 e. The zero-order valence-electron chi connectivity index (χ0n) is 18.2. The molecule has 0 spiro atoms. The van der Waals surface area contributed by atoms with Gasteiger partial charge in [-0.05, 0) is 61.4 Å². The first kappa shape index (κ1) is 21.8. The van der Waals surface area contributed by atoms with E-state index in [0.29, 0.717) is 29.3 Å². The van der Waals surface area contributed by atoms with Crippen LogP contribution in [0.1, 0.15) is 38.9 Å². The average Bonchev–Trinajstić information content (AvgIpc) is 3.21. The topological polar surface area (TPSA) is 118 Å². The second kappa shape index (κ2) is 9.39. The Kier molecular flexibility index (Phi) is 6.21. The SMILES string of the molecule is CCOC(=O)c1cccc(NC(=O)c2cnc3cc(C)c(NCc4ccc(O)cc4)nn23)c1. The van der Waals surface area contributed by atoms with Gasteiger partial charge in [0.05, 0.1) is 18.4 Å². The number of benzene rings is 2. The summed E-state index contributed by atoms with van der Waals surface area (Å²) in [7, 11) is 0. The molecule has 9 heteroatoms. The van der Waals surface area contributed by atoms with Crippen molar-refractivity contribution in [3.05, 3.63) is 83.2 Å². The van der Waals surface area contributed by atoms with E-state index in [1.807, 2.05) is 25.1 Å². The molecule has 2 heterocycles. The average molecular weight is 445 g/mol. The van der Waals surface area contributed by atoms with Crippen LogP contribution >= 0.6 is 0 Å². The predicted octanol–water partition coefficient (Wildman–Crippen LogP) is 3.78. The van der Waals surface area contributed by atoms with E-state index >= 15 is 0 Å². The summed E-state index contributed by atoms with van der Waals surface area (Å²) in [6.45, 7) is 4.40. The second-order valence-corrected chi connectivity index (χ2v) is 7.36. The van der Waals surface area contributed by atoms with E-state index < -0.39 is 11.9 Å². The Bertz CT molecular complexity index is 1310. The van der Waals surface area contributed by atoms with Crippen molar-refractivity contribution in [2.75, 3.05) is 17.2 Å². The van der Waals surface area contributed by atoms with E-state index in [9.17, 15) is 14.7 Å². The highest BCUT2D eigenvalue weighted by Crippen LogP contribution is 2.18. The summed E-state index contributed by atoms with van der Waals surface area (Å²) in [4.78, 5) is 29.2. The highest BCUT2D eigenvalue weighted by Gasteiger charge is 2.16. The van der Waals surface area contributed by atoms with Crippen LogP contribution in [0.3, 0.4) is 0 Å². The summed E-state index contributed by atoms with van der Waals surface area (Å²) in [6.07, 6.45) is 1.45. The zero-order valence-corrected chi connectivity index (χ0v) is 18.2. The zero-order chi connectivity index (χ0) is 23.4. The Labute approximate surface area is 190 Å². The monoisotopic (exact) mass is 445 g/mol. The summed E-state index contributed by atoms with van der Waals surface area (Å²) in [5.41, 5.74) is 3.44. The van der Waals surface area contributed by atoms with Crippen LogP contribution in [0.5, 0.6) is 5.75 Å². The number of imidazole rings is 1. The van der Waals surface area contributed by atoms with Crippen LogP contribution in [0, 0.1) is 6.92 Å². The molecule has 2 aromatic carbocycles. The van der Waals surface area contributed by atoms with Crippen LogP contribution in [-0.4, -0.2) is 38.2 Å². The number of ether oxygens (including phenoxy) is 1. The lowest BCUT2D eigenvalue weighted by Crippen LogP contribution is -2.16. The third-order valence-corrected chi connectivity index (χ3v) is 4.94. The number of fused-ring (bicyclic) bond motifs is 1. The molecule has 0 saturated carbocycles. The van der Waals surface area contributed by atoms with Crippen LogP contribution in [0.4, 0.5) is 11.5 Å². The summed E-state index contributed by atoms with van der Waals surface area (Å²) < 4.78 is 6.48. The Balaban J connectivity index is 1.55. The molecule has 1 amide bonds. The molecule has 33 heavy (non-hydrogen) atoms. The summed E-state index contributed by atoms with van der Waals surface area (Å²) >= 11 is 0. The molecule has 0 saturated heterocycles. The molecular weight excluding hydrogens is 422 g/mol. The number of carbonyl (C=O) groups is 2. The van der Waals surface area contributed by atoms with Gasteiger partial charge < -0.3 is 20.5 Å². The third kappa shape index (κ3) is 4.93. The molecule has 0 aliphatic heterocycles. The van der Waals surface area contributed by atoms with E-state index in [-0.39, 0.29) is 18.1 Å². The third-order valence-electron chi connectivity index (χ3n) is 4.94. The van der Waals surface area contributed by atoms with Crippen molar-refractivity contribution in [2.24, 2.45) is 0 Å². The molecule has 9 nitrogen and oxygen atoms in total. The molecule has 2 aromatic heterocycles. The number of rotatable bonds is 7. The van der Waals surface area contributed by atoms with Crippen molar-refractivity contribution in [2.45, 2.75) is 20.4 Å². The fraction of sp³-hybridized carbons (Fsp3) is 0.167. The normalized spacial score (nSPS) is 10.7. The van der Waals surface area contributed by atoms with Crippen molar-refractivity contribution in [1.82, 2.24) is 14.6 Å². The number of nitrogens with zero attached hydrogens (tertiary/aromatic N) is 3. The lowest BCUT2D eigenvalue weighted by molar-refractivity contribution is 0.0526. The maximum absolute atomic E-state index is 12.9. The minimum atomic E-state index is -0.454. The number of esters is 1. The number of hydrogen-bond donors (Lipinski definition) is 3. The number of aromatic nitrogens is 3. The Hall–Kier alpha value is -4.40. The molecule has 0 atom stereocenters. The van der Waals surface area contributed by atoms with Crippen LogP contribution in [-0.2, 0) is 11.3 Å². The first-order valence-corrected chi connectivity index (χ1v) is 10.4. The van der Waals surface area contributed by atoms with Gasteiger partial charge >= 0.3 is 5.97 Å². The fourth-order valence-electron chi connectivity index (χ4n) is 3.27. The number of anilines is 2. The minimum absolute atomic E-state index is 0.205. The van der Waals surface area contributed by atoms with Gasteiger partial charge in [-0.3, -0.25) is 4.79 Å². The largest absolute Gasteiger partial charge is 0.508 e. The first-order chi connectivity index (χ1) is 15.9. The minimum Gasteiger partial charge on any atom is -0.508 e. The maximum Gasteiger partial charge on any atom is 0.338 e. The number of aryl methyl sites for hydroxylation is 1. The first-order valence-electron chi connectivity index (χ1n) is 10.4. The Morgan fingerprint density at radius 2 is 1.91 bits per heavy atom. The highest BCUT2D eigenvalue weighted by atomic mass is 16.5. The van der Waals surface area contributed by atoms with Crippen molar-refractivity contribution < 1.29 is 19.4 Å². The molecular formula is C24H23N5O4. The molecule has 168 valence electrons. The van der Waals surface area contributed by atoms with Crippen molar-refractivity contribution in [3.8, 4) is 5.75 Å². The Morgan fingerprint density at radius 3 is 2.67 bits per heavy atom. The molecule has 0 fully saturated rings. The highest BCUT2D eigenvalue weighted by molar-refractivity contribution is 6.04. The molecule has 4 rings (SSSR count). The lowest BCUT2D eigenvalue weighted by atomic mass is 10.2. The van der Waals surface area contributed by atoms with E-state index in [0.717, 1.165) is 11.1 Å². The van der Waals surface area contributed by atoms with E-state index in [4.69, 9.17) is 4.74 Å². The number of hydrogen-bond acceptors (Lipinski definition) is 7. The van der Waals surface area contributed by atoms with Gasteiger partial charge in [-0.25, -0.2) is 14.3 Å². The molecule has 0 unspecified atom stereocenters. The van der Waals surface area contributed by atoms with E-state index in [1.165, 1.54) is 10.7 Å². The molecule has 0 aliphatic rings. The van der Waals surface area contributed by atoms with Gasteiger partial charge in [0, 0.05) is 12.2 Å². The summed E-state index contributed by atoms with van der Waals surface area (Å²) in [5.74, 6) is -0.0579. The van der Waals surface area contributed by atoms with Gasteiger partial charge in [-0.2, -0.15) is 0 Å². The van der Waals surface area contributed by atoms with Gasteiger partial charge in [-0.1, -0.05) is 18.2 Å². The van der Waals surface area contributed by atoms with Gasteiger partial charge in [-0.15, -0.1) is 5.10 Å². The van der Waals surface area contributed by atoms with Crippen LogP contribution in [0.15, 0.2) is 60.8 Å². The van der Waals surface area contributed by atoms with Gasteiger partial charge in [0.2, 0.25) is 0 Å². The van der Waals surface area contributed by atoms with E-state index in [2.05, 4.69) is 20.7 Å². The van der Waals surface area contributed by atoms with E-state index in [1.54, 1.807) is 43.3 Å². The van der Waals surface area contributed by atoms with Crippen LogP contribution < -0.4 is 10.6 Å². The van der Waals surface area contributed by atoms with Crippen molar-refractivity contribution in [3.63, 3.8) is 0 Å². The van der Waals surface area contributed by atoms with Gasteiger partial charge in [0.1, 0.15) is 11.6 Å². The van der Waals surface area contributed by atoms with Crippen LogP contribution in [0.2, 0.25) is 0 Å². The number of nitrogens with one attached hydrogen (secondary N) is 2. The number of phenolic OH excluding ortho intramolecular Hbond substituents is 1. The number of amides is 1. The second-order valence-electron chi connectivity index (χ2n) is 7.36. The Morgan fingerprint density at radius 1 is 1.12 bits per heavy atom. The molecule has 0 bridgehead atoms. The number of carbonyl (C=O) groups excluding carboxylic acids is 2. The number of aromatic hydroxyl groups is 1. The fourth-order valence-corrected chi connectivity index (χ4v) is 3.27. The lowest BCUT2D eigenvalue weighted by Gasteiger charge is -2.11. The maximum atomic E-state index is 12.9. The van der Waals surface area contributed by atoms with Crippen molar-refractivity contribution >= 4 is 29.0 Å². The van der Waals surface area contributed by atoms with Gasteiger partial charge in [0.25, 0.3) is 5.91 Å². The van der Waals surface area contributed by atoms with Crippen LogP contribution in [0.25, 0.3) is 5.65 Å². The molecule has 3 N–H and O–H groups in total. The van der Waals surface area contributed by atoms with Crippen molar-refractivity contribution in [1.29, 1.82) is 0 Å². The predicted molar refractivity (Wildman–Crippen MR) is 124 cm³/mol.